The van der Waals surface area contributed by atoms with Crippen LogP contribution in [-0.4, -0.2) is 57.2 Å². The summed E-state index contributed by atoms with van der Waals surface area (Å²) in [5.41, 5.74) is 0. The first-order chi connectivity index (χ1) is 10.5. The van der Waals surface area contributed by atoms with Crippen LogP contribution >= 0.6 is 31.9 Å². The number of halogens is 2. The average molecular weight is 438 g/mol. The van der Waals surface area contributed by atoms with Crippen molar-refractivity contribution in [3.05, 3.63) is 12.2 Å². The number of carbonyl (C=O) groups is 2. The van der Waals surface area contributed by atoms with Gasteiger partial charge in [0.1, 0.15) is 0 Å². The van der Waals surface area contributed by atoms with Crippen LogP contribution in [0.15, 0.2) is 12.2 Å². The van der Waals surface area contributed by atoms with Crippen LogP contribution < -0.4 is 0 Å². The minimum atomic E-state index is -0.508. The van der Waals surface area contributed by atoms with E-state index in [1.54, 1.807) is 13.8 Å². The molecule has 6 nitrogen and oxygen atoms in total. The summed E-state index contributed by atoms with van der Waals surface area (Å²) >= 11 is 7.36. The Balaban J connectivity index is 1.94. The molecule has 2 bridgehead atoms. The summed E-state index contributed by atoms with van der Waals surface area (Å²) in [6, 6.07) is -0.395. The number of alkyl halides is 2. The second-order valence-corrected chi connectivity index (χ2v) is 7.61. The minimum absolute atomic E-state index is 0.198. The number of carbonyl (C=O) groups excluding carboxylic acids is 2. The molecule has 1 saturated carbocycles. The van der Waals surface area contributed by atoms with Crippen molar-refractivity contribution >= 4 is 44.0 Å². The number of nitrogens with zero attached hydrogens (tertiary/aromatic N) is 2. The predicted octanol–water partition coefficient (Wildman–Crippen LogP) is 2.91. The van der Waals surface area contributed by atoms with Crippen LogP contribution in [0.4, 0.5) is 9.59 Å². The highest BCUT2D eigenvalue weighted by atomic mass is 79.9. The summed E-state index contributed by atoms with van der Waals surface area (Å²) in [6.07, 6.45) is 2.97. The lowest BCUT2D eigenvalue weighted by atomic mass is 9.61. The van der Waals surface area contributed by atoms with Gasteiger partial charge < -0.3 is 9.47 Å². The molecule has 8 heteroatoms. The maximum Gasteiger partial charge on any atom is 0.429 e. The number of rotatable bonds is 2. The van der Waals surface area contributed by atoms with Gasteiger partial charge in [-0.3, -0.25) is 0 Å². The summed E-state index contributed by atoms with van der Waals surface area (Å²) in [5.74, 6) is 0.518. The van der Waals surface area contributed by atoms with E-state index in [9.17, 15) is 9.59 Å². The van der Waals surface area contributed by atoms with Crippen molar-refractivity contribution in [1.82, 2.24) is 10.0 Å². The Hall–Kier alpha value is -0.760. The van der Waals surface area contributed by atoms with E-state index in [1.165, 1.54) is 10.0 Å². The molecule has 0 aromatic heterocycles. The molecule has 122 valence electrons. The second kappa shape index (κ2) is 6.03. The van der Waals surface area contributed by atoms with Crippen molar-refractivity contribution in [3.8, 4) is 0 Å². The summed E-state index contributed by atoms with van der Waals surface area (Å²) in [6.45, 7) is 4.03. The Morgan fingerprint density at radius 3 is 1.59 bits per heavy atom. The van der Waals surface area contributed by atoms with Gasteiger partial charge in [-0.25, -0.2) is 19.6 Å². The fourth-order valence-corrected chi connectivity index (χ4v) is 5.63. The predicted molar refractivity (Wildman–Crippen MR) is 86.8 cm³/mol. The molecule has 2 aliphatic heterocycles. The fourth-order valence-electron chi connectivity index (χ4n) is 3.60. The van der Waals surface area contributed by atoms with Crippen LogP contribution in [0.25, 0.3) is 0 Å². The molecule has 22 heavy (non-hydrogen) atoms. The molecular formula is C14H18Br2N2O4. The average Bonchev–Trinajstić information content (AvgIpc) is 2.53. The Morgan fingerprint density at radius 2 is 1.27 bits per heavy atom. The molecule has 2 fully saturated rings. The van der Waals surface area contributed by atoms with Gasteiger partial charge in [-0.15, -0.1) is 0 Å². The Morgan fingerprint density at radius 1 is 0.909 bits per heavy atom. The number of ether oxygens (including phenoxy) is 2. The SMILES string of the molecule is CCOC(=O)N1C2C=CC(C3C(Br)C(Br)C32)N1C(=O)OCC. The normalized spacial score (nSPS) is 38.4. The largest absolute Gasteiger partial charge is 0.448 e. The van der Waals surface area contributed by atoms with Crippen LogP contribution in [-0.2, 0) is 9.47 Å². The van der Waals surface area contributed by atoms with Crippen LogP contribution in [0.1, 0.15) is 13.8 Å². The molecule has 2 heterocycles. The van der Waals surface area contributed by atoms with Crippen molar-refractivity contribution in [2.75, 3.05) is 13.2 Å². The highest BCUT2D eigenvalue weighted by Crippen LogP contribution is 2.56. The molecule has 0 spiro atoms. The molecule has 0 aromatic rings. The van der Waals surface area contributed by atoms with Crippen LogP contribution in [0.3, 0.4) is 0 Å². The summed E-state index contributed by atoms with van der Waals surface area (Å²) < 4.78 is 10.3. The lowest BCUT2D eigenvalue weighted by Gasteiger charge is -2.63. The van der Waals surface area contributed by atoms with E-state index in [0.29, 0.717) is 0 Å². The molecule has 4 aliphatic rings. The van der Waals surface area contributed by atoms with Crippen molar-refractivity contribution in [1.29, 1.82) is 0 Å². The van der Waals surface area contributed by atoms with E-state index in [4.69, 9.17) is 9.47 Å². The lowest BCUT2D eigenvalue weighted by Crippen LogP contribution is -2.76. The molecule has 4 rings (SSSR count). The third-order valence-electron chi connectivity index (χ3n) is 4.48. The first kappa shape index (κ1) is 16.1. The number of amides is 2. The van der Waals surface area contributed by atoms with Gasteiger partial charge in [0, 0.05) is 21.5 Å². The van der Waals surface area contributed by atoms with Crippen LogP contribution in [0.2, 0.25) is 0 Å². The third kappa shape index (κ3) is 2.18. The number of fused-ring (bicyclic) bond motifs is 1. The first-order valence-corrected chi connectivity index (χ1v) is 9.24. The molecule has 6 unspecified atom stereocenters. The highest BCUT2D eigenvalue weighted by molar-refractivity contribution is 9.12. The molecule has 1 saturated heterocycles. The second-order valence-electron chi connectivity index (χ2n) is 5.50. The molecular weight excluding hydrogens is 420 g/mol. The van der Waals surface area contributed by atoms with Crippen LogP contribution in [0, 0.1) is 11.8 Å². The van der Waals surface area contributed by atoms with Gasteiger partial charge in [-0.2, -0.15) is 0 Å². The highest BCUT2D eigenvalue weighted by Gasteiger charge is 2.64. The van der Waals surface area contributed by atoms with Crippen molar-refractivity contribution in [2.45, 2.75) is 35.6 Å². The quantitative estimate of drug-likeness (QED) is 0.492. The lowest BCUT2D eigenvalue weighted by molar-refractivity contribution is -0.141. The van der Waals surface area contributed by atoms with Gasteiger partial charge >= 0.3 is 12.2 Å². The minimum Gasteiger partial charge on any atom is -0.448 e. The molecule has 6 atom stereocenters. The maximum atomic E-state index is 12.4. The van der Waals surface area contributed by atoms with Gasteiger partial charge in [0.2, 0.25) is 0 Å². The van der Waals surface area contributed by atoms with Crippen molar-refractivity contribution in [2.24, 2.45) is 11.8 Å². The molecule has 0 radical (unpaired) electrons. The summed E-state index contributed by atoms with van der Waals surface area (Å²) in [5, 5.41) is 2.83. The summed E-state index contributed by atoms with van der Waals surface area (Å²) in [4.78, 5) is 25.3. The molecule has 0 aromatic carbocycles. The zero-order chi connectivity index (χ0) is 16.0. The van der Waals surface area contributed by atoms with Gasteiger partial charge in [0.05, 0.1) is 25.3 Å². The topological polar surface area (TPSA) is 59.1 Å². The molecule has 2 aliphatic carbocycles. The van der Waals surface area contributed by atoms with E-state index >= 15 is 0 Å². The summed E-state index contributed by atoms with van der Waals surface area (Å²) in [7, 11) is 0. The fraction of sp³-hybridized carbons (Fsp3) is 0.714. The molecule has 2 amide bonds. The number of hydrogen-bond acceptors (Lipinski definition) is 4. The molecule has 0 N–H and O–H groups in total. The van der Waals surface area contributed by atoms with Gasteiger partial charge in [0.15, 0.2) is 0 Å². The zero-order valence-corrected chi connectivity index (χ0v) is 15.5. The smallest absolute Gasteiger partial charge is 0.429 e. The van der Waals surface area contributed by atoms with Crippen LogP contribution in [0.5, 0.6) is 0 Å². The van der Waals surface area contributed by atoms with E-state index < -0.39 is 12.2 Å². The van der Waals surface area contributed by atoms with Crippen molar-refractivity contribution in [3.63, 3.8) is 0 Å². The zero-order valence-electron chi connectivity index (χ0n) is 12.3. The van der Waals surface area contributed by atoms with Gasteiger partial charge in [-0.1, -0.05) is 44.0 Å². The standard InChI is InChI=1S/C14H18Br2N2O4/c1-3-21-13(19)17-7-5-6-8(18(17)14(20)22-4-2)10-9(7)11(15)12(10)16/h5-12H,3-4H2,1-2H3. The van der Waals surface area contributed by atoms with Gasteiger partial charge in [-0.05, 0) is 13.8 Å². The first-order valence-electron chi connectivity index (χ1n) is 7.41. The van der Waals surface area contributed by atoms with E-state index in [2.05, 4.69) is 31.9 Å². The van der Waals surface area contributed by atoms with E-state index in [-0.39, 0.29) is 46.8 Å². The van der Waals surface area contributed by atoms with E-state index in [1.807, 2.05) is 12.2 Å². The monoisotopic (exact) mass is 436 g/mol. The Labute approximate surface area is 146 Å². The van der Waals surface area contributed by atoms with Gasteiger partial charge in [0.25, 0.3) is 0 Å². The Kier molecular flexibility index (Phi) is 4.42. The number of hydrazine groups is 1. The third-order valence-corrected chi connectivity index (χ3v) is 7.55. The van der Waals surface area contributed by atoms with E-state index in [0.717, 1.165) is 0 Å². The van der Waals surface area contributed by atoms with Crippen molar-refractivity contribution < 1.29 is 19.1 Å². The number of hydrogen-bond donors (Lipinski definition) is 0. The maximum absolute atomic E-state index is 12.4. The Bertz CT molecular complexity index is 471.